The SMILES string of the molecule is COCC(CNC(C)(C)C)N1CCCCCCC1. The Morgan fingerprint density at radius 1 is 1.06 bits per heavy atom. The number of nitrogens with one attached hydrogen (secondary N) is 1. The quantitative estimate of drug-likeness (QED) is 0.818. The molecule has 1 aliphatic rings. The summed E-state index contributed by atoms with van der Waals surface area (Å²) in [4.78, 5) is 2.63. The van der Waals surface area contributed by atoms with Gasteiger partial charge in [-0.3, -0.25) is 4.90 Å². The smallest absolute Gasteiger partial charge is 0.0630 e. The minimum Gasteiger partial charge on any atom is -0.383 e. The molecule has 0 aliphatic carbocycles. The lowest BCUT2D eigenvalue weighted by Gasteiger charge is -2.34. The summed E-state index contributed by atoms with van der Waals surface area (Å²) in [6.07, 6.45) is 6.89. The van der Waals surface area contributed by atoms with E-state index in [1.807, 2.05) is 7.11 Å². The van der Waals surface area contributed by atoms with E-state index in [2.05, 4.69) is 31.0 Å². The molecule has 0 aromatic carbocycles. The van der Waals surface area contributed by atoms with Crippen molar-refractivity contribution in [3.8, 4) is 0 Å². The summed E-state index contributed by atoms with van der Waals surface area (Å²) in [6, 6.07) is 0.521. The molecule has 0 aromatic heterocycles. The molecule has 1 heterocycles. The van der Waals surface area contributed by atoms with Crippen molar-refractivity contribution in [2.75, 3.05) is 33.4 Å². The minimum atomic E-state index is 0.189. The number of methoxy groups -OCH3 is 1. The van der Waals surface area contributed by atoms with E-state index in [0.29, 0.717) is 6.04 Å². The lowest BCUT2D eigenvalue weighted by molar-refractivity contribution is 0.0797. The first-order valence-corrected chi connectivity index (χ1v) is 7.51. The van der Waals surface area contributed by atoms with Crippen LogP contribution in [-0.2, 0) is 4.74 Å². The maximum atomic E-state index is 5.41. The summed E-state index contributed by atoms with van der Waals surface area (Å²) in [6.45, 7) is 11.0. The molecule has 1 saturated heterocycles. The fourth-order valence-electron chi connectivity index (χ4n) is 2.55. The Kier molecular flexibility index (Phi) is 7.20. The van der Waals surface area contributed by atoms with E-state index in [0.717, 1.165) is 13.2 Å². The fraction of sp³-hybridized carbons (Fsp3) is 1.00. The van der Waals surface area contributed by atoms with E-state index in [-0.39, 0.29) is 5.54 Å². The van der Waals surface area contributed by atoms with Gasteiger partial charge in [-0.1, -0.05) is 19.3 Å². The molecule has 108 valence electrons. The summed E-state index contributed by atoms with van der Waals surface area (Å²) in [5.74, 6) is 0. The molecule has 3 heteroatoms. The molecule has 0 aromatic rings. The van der Waals surface area contributed by atoms with Gasteiger partial charge in [-0.15, -0.1) is 0 Å². The van der Waals surface area contributed by atoms with Gasteiger partial charge in [-0.2, -0.15) is 0 Å². The maximum Gasteiger partial charge on any atom is 0.0630 e. The molecule has 1 atom stereocenters. The van der Waals surface area contributed by atoms with Crippen molar-refractivity contribution in [3.63, 3.8) is 0 Å². The van der Waals surface area contributed by atoms with Crippen LogP contribution in [0.15, 0.2) is 0 Å². The second kappa shape index (κ2) is 8.13. The van der Waals surface area contributed by atoms with Crippen molar-refractivity contribution in [1.82, 2.24) is 10.2 Å². The van der Waals surface area contributed by atoms with Crippen LogP contribution in [0.4, 0.5) is 0 Å². The Morgan fingerprint density at radius 2 is 1.61 bits per heavy atom. The second-order valence-corrected chi connectivity index (χ2v) is 6.54. The van der Waals surface area contributed by atoms with E-state index in [1.165, 1.54) is 45.2 Å². The Labute approximate surface area is 113 Å². The third-order valence-corrected chi connectivity index (χ3v) is 3.63. The van der Waals surface area contributed by atoms with Gasteiger partial charge >= 0.3 is 0 Å². The van der Waals surface area contributed by atoms with E-state index in [4.69, 9.17) is 4.74 Å². The monoisotopic (exact) mass is 256 g/mol. The highest BCUT2D eigenvalue weighted by atomic mass is 16.5. The van der Waals surface area contributed by atoms with Gasteiger partial charge in [0.15, 0.2) is 0 Å². The lowest BCUT2D eigenvalue weighted by atomic mass is 10.1. The maximum absolute atomic E-state index is 5.41. The standard InChI is InChI=1S/C15H32N2O/c1-15(2,3)16-12-14(13-18-4)17-10-8-6-5-7-9-11-17/h14,16H,5-13H2,1-4H3. The molecule has 0 saturated carbocycles. The number of likely N-dealkylation sites (tertiary alicyclic amines) is 1. The summed E-state index contributed by atoms with van der Waals surface area (Å²) in [5.41, 5.74) is 0.189. The fourth-order valence-corrected chi connectivity index (χ4v) is 2.55. The van der Waals surface area contributed by atoms with Crippen LogP contribution >= 0.6 is 0 Å². The van der Waals surface area contributed by atoms with Gasteiger partial charge in [-0.05, 0) is 46.7 Å². The average molecular weight is 256 g/mol. The van der Waals surface area contributed by atoms with Crippen LogP contribution in [0.25, 0.3) is 0 Å². The zero-order valence-corrected chi connectivity index (χ0v) is 12.8. The van der Waals surface area contributed by atoms with Crippen LogP contribution in [0.5, 0.6) is 0 Å². The molecule has 0 spiro atoms. The first-order chi connectivity index (χ1) is 8.53. The molecule has 1 aliphatic heterocycles. The van der Waals surface area contributed by atoms with Crippen LogP contribution in [-0.4, -0.2) is 49.8 Å². The molecular weight excluding hydrogens is 224 g/mol. The highest BCUT2D eigenvalue weighted by molar-refractivity contribution is 4.79. The van der Waals surface area contributed by atoms with Gasteiger partial charge in [0, 0.05) is 25.2 Å². The molecule has 0 amide bonds. The van der Waals surface area contributed by atoms with E-state index in [1.54, 1.807) is 0 Å². The van der Waals surface area contributed by atoms with Gasteiger partial charge in [0.05, 0.1) is 6.61 Å². The Hall–Kier alpha value is -0.120. The number of ether oxygens (including phenoxy) is 1. The van der Waals surface area contributed by atoms with E-state index < -0.39 is 0 Å². The highest BCUT2D eigenvalue weighted by Crippen LogP contribution is 2.13. The third-order valence-electron chi connectivity index (χ3n) is 3.63. The summed E-state index contributed by atoms with van der Waals surface area (Å²) in [5, 5.41) is 3.62. The van der Waals surface area contributed by atoms with Crippen LogP contribution in [0.1, 0.15) is 52.9 Å². The molecule has 3 nitrogen and oxygen atoms in total. The number of rotatable bonds is 5. The normalized spacial score (nSPS) is 21.3. The molecular formula is C15H32N2O. The Balaban J connectivity index is 2.46. The molecule has 1 unspecified atom stereocenters. The Morgan fingerprint density at radius 3 is 2.11 bits per heavy atom. The first-order valence-electron chi connectivity index (χ1n) is 7.51. The van der Waals surface area contributed by atoms with Crippen LogP contribution in [0, 0.1) is 0 Å². The van der Waals surface area contributed by atoms with Crippen LogP contribution in [0.3, 0.4) is 0 Å². The predicted molar refractivity (Wildman–Crippen MR) is 78.1 cm³/mol. The van der Waals surface area contributed by atoms with Crippen molar-refractivity contribution in [3.05, 3.63) is 0 Å². The number of hydrogen-bond acceptors (Lipinski definition) is 3. The summed E-state index contributed by atoms with van der Waals surface area (Å²) < 4.78 is 5.41. The molecule has 1 N–H and O–H groups in total. The van der Waals surface area contributed by atoms with Crippen LogP contribution < -0.4 is 5.32 Å². The minimum absolute atomic E-state index is 0.189. The first kappa shape index (κ1) is 15.9. The van der Waals surface area contributed by atoms with Crippen molar-refractivity contribution in [2.45, 2.75) is 64.5 Å². The van der Waals surface area contributed by atoms with Gasteiger partial charge < -0.3 is 10.1 Å². The van der Waals surface area contributed by atoms with Crippen molar-refractivity contribution in [1.29, 1.82) is 0 Å². The average Bonchev–Trinajstić information content (AvgIpc) is 2.23. The lowest BCUT2D eigenvalue weighted by Crippen LogP contribution is -2.50. The zero-order chi connectivity index (χ0) is 13.4. The van der Waals surface area contributed by atoms with Gasteiger partial charge in [-0.25, -0.2) is 0 Å². The predicted octanol–water partition coefficient (Wildman–Crippen LogP) is 2.66. The Bertz CT molecular complexity index is 205. The van der Waals surface area contributed by atoms with E-state index in [9.17, 15) is 0 Å². The largest absolute Gasteiger partial charge is 0.383 e. The van der Waals surface area contributed by atoms with Crippen molar-refractivity contribution >= 4 is 0 Å². The molecule has 18 heavy (non-hydrogen) atoms. The summed E-state index contributed by atoms with van der Waals surface area (Å²) in [7, 11) is 1.81. The molecule has 0 radical (unpaired) electrons. The number of hydrogen-bond donors (Lipinski definition) is 1. The molecule has 0 bridgehead atoms. The van der Waals surface area contributed by atoms with Crippen molar-refractivity contribution in [2.24, 2.45) is 0 Å². The molecule has 1 fully saturated rings. The van der Waals surface area contributed by atoms with Crippen molar-refractivity contribution < 1.29 is 4.74 Å². The molecule has 1 rings (SSSR count). The van der Waals surface area contributed by atoms with Gasteiger partial charge in [0.1, 0.15) is 0 Å². The highest BCUT2D eigenvalue weighted by Gasteiger charge is 2.21. The van der Waals surface area contributed by atoms with E-state index >= 15 is 0 Å². The van der Waals surface area contributed by atoms with Crippen LogP contribution in [0.2, 0.25) is 0 Å². The van der Waals surface area contributed by atoms with Gasteiger partial charge in [0.2, 0.25) is 0 Å². The second-order valence-electron chi connectivity index (χ2n) is 6.54. The zero-order valence-electron chi connectivity index (χ0n) is 12.8. The topological polar surface area (TPSA) is 24.5 Å². The number of nitrogens with zero attached hydrogens (tertiary/aromatic N) is 1. The summed E-state index contributed by atoms with van der Waals surface area (Å²) >= 11 is 0. The third kappa shape index (κ3) is 6.72. The van der Waals surface area contributed by atoms with Gasteiger partial charge in [0.25, 0.3) is 0 Å².